The third-order valence-electron chi connectivity index (χ3n) is 2.60. The van der Waals surface area contributed by atoms with E-state index in [1.807, 2.05) is 6.07 Å². The van der Waals surface area contributed by atoms with Crippen LogP contribution in [0.25, 0.3) is 11.0 Å². The molecule has 1 fully saturated rings. The molecule has 1 N–H and O–H groups in total. The number of aromatic carboxylic acids is 1. The van der Waals surface area contributed by atoms with Gasteiger partial charge in [-0.25, -0.2) is 9.78 Å². The highest BCUT2D eigenvalue weighted by molar-refractivity contribution is 5.89. The summed E-state index contributed by atoms with van der Waals surface area (Å²) in [6.45, 7) is 0. The first-order valence-corrected chi connectivity index (χ1v) is 4.82. The summed E-state index contributed by atoms with van der Waals surface area (Å²) in [6.07, 6.45) is 5.33. The lowest BCUT2D eigenvalue weighted by Gasteiger charge is -2.02. The van der Waals surface area contributed by atoms with Crippen LogP contribution in [-0.4, -0.2) is 25.6 Å². The normalized spacial score (nSPS) is 15.7. The molecule has 1 aliphatic rings. The van der Waals surface area contributed by atoms with Gasteiger partial charge >= 0.3 is 5.97 Å². The van der Waals surface area contributed by atoms with Gasteiger partial charge in [0.05, 0.1) is 11.7 Å². The molecule has 0 unspecified atom stereocenters. The highest BCUT2D eigenvalue weighted by Gasteiger charge is 2.30. The number of aromatic nitrogens is 3. The maximum atomic E-state index is 11.0. The van der Waals surface area contributed by atoms with Crippen LogP contribution in [0.2, 0.25) is 0 Å². The molecule has 0 saturated heterocycles. The van der Waals surface area contributed by atoms with E-state index < -0.39 is 5.97 Å². The van der Waals surface area contributed by atoms with Gasteiger partial charge in [0, 0.05) is 12.2 Å². The first-order chi connectivity index (χ1) is 7.27. The molecule has 0 aromatic carbocycles. The van der Waals surface area contributed by atoms with Crippen LogP contribution in [0.5, 0.6) is 0 Å². The Hall–Kier alpha value is -1.91. The van der Waals surface area contributed by atoms with E-state index in [0.717, 1.165) is 18.4 Å². The van der Waals surface area contributed by atoms with Crippen molar-refractivity contribution in [2.24, 2.45) is 0 Å². The van der Waals surface area contributed by atoms with Crippen LogP contribution in [0.1, 0.15) is 29.5 Å². The minimum absolute atomic E-state index is 0.125. The van der Waals surface area contributed by atoms with E-state index >= 15 is 0 Å². The van der Waals surface area contributed by atoms with Crippen molar-refractivity contribution in [2.75, 3.05) is 0 Å². The Labute approximate surface area is 85.4 Å². The van der Waals surface area contributed by atoms with Crippen molar-refractivity contribution < 1.29 is 9.90 Å². The number of pyridine rings is 1. The van der Waals surface area contributed by atoms with Gasteiger partial charge in [0.25, 0.3) is 0 Å². The fourth-order valence-electron chi connectivity index (χ4n) is 1.80. The number of rotatable bonds is 2. The van der Waals surface area contributed by atoms with Crippen molar-refractivity contribution in [3.63, 3.8) is 0 Å². The van der Waals surface area contributed by atoms with Crippen molar-refractivity contribution in [2.45, 2.75) is 18.9 Å². The predicted molar refractivity (Wildman–Crippen MR) is 52.8 cm³/mol. The van der Waals surface area contributed by atoms with Crippen LogP contribution in [0.15, 0.2) is 18.5 Å². The average molecular weight is 203 g/mol. The van der Waals surface area contributed by atoms with Gasteiger partial charge in [0.15, 0.2) is 0 Å². The number of carbonyl (C=O) groups is 1. The lowest BCUT2D eigenvalue weighted by molar-refractivity contribution is 0.0678. The highest BCUT2D eigenvalue weighted by atomic mass is 16.4. The zero-order chi connectivity index (χ0) is 10.4. The summed E-state index contributed by atoms with van der Waals surface area (Å²) in [5, 5.41) is 9.04. The van der Waals surface area contributed by atoms with Crippen molar-refractivity contribution in [3.05, 3.63) is 24.3 Å². The number of imidazole rings is 1. The first-order valence-electron chi connectivity index (χ1n) is 4.82. The Morgan fingerprint density at radius 1 is 1.53 bits per heavy atom. The summed E-state index contributed by atoms with van der Waals surface area (Å²) in [5.41, 5.74) is 1.52. The molecule has 5 nitrogen and oxygen atoms in total. The zero-order valence-corrected chi connectivity index (χ0v) is 7.92. The Morgan fingerprint density at radius 3 is 3.00 bits per heavy atom. The van der Waals surface area contributed by atoms with Crippen LogP contribution in [0.3, 0.4) is 0 Å². The van der Waals surface area contributed by atoms with Gasteiger partial charge in [-0.3, -0.25) is 4.98 Å². The van der Waals surface area contributed by atoms with E-state index in [1.165, 1.54) is 0 Å². The van der Waals surface area contributed by atoms with Crippen LogP contribution >= 0.6 is 0 Å². The molecular formula is C10H9N3O2. The lowest BCUT2D eigenvalue weighted by Crippen LogP contribution is -2.08. The van der Waals surface area contributed by atoms with Crippen molar-refractivity contribution in [3.8, 4) is 0 Å². The molecule has 2 heterocycles. The van der Waals surface area contributed by atoms with Gasteiger partial charge in [0.2, 0.25) is 5.82 Å². The summed E-state index contributed by atoms with van der Waals surface area (Å²) >= 11 is 0. The smallest absolute Gasteiger partial charge is 0.372 e. The van der Waals surface area contributed by atoms with E-state index in [-0.39, 0.29) is 5.82 Å². The van der Waals surface area contributed by atoms with Gasteiger partial charge in [-0.2, -0.15) is 0 Å². The van der Waals surface area contributed by atoms with Crippen molar-refractivity contribution >= 4 is 17.0 Å². The first kappa shape index (κ1) is 8.40. The molecule has 0 amide bonds. The maximum absolute atomic E-state index is 11.0. The van der Waals surface area contributed by atoms with E-state index in [1.54, 1.807) is 17.0 Å². The molecule has 5 heteroatoms. The third-order valence-corrected chi connectivity index (χ3v) is 2.60. The van der Waals surface area contributed by atoms with Crippen LogP contribution in [-0.2, 0) is 0 Å². The standard InChI is InChI=1S/C10H9N3O2/c14-10(15)9-12-7-5-11-4-3-8(7)13(9)6-1-2-6/h3-6H,1-2H2,(H,14,15). The monoisotopic (exact) mass is 203 g/mol. The second-order valence-corrected chi connectivity index (χ2v) is 3.71. The third kappa shape index (κ3) is 1.20. The van der Waals surface area contributed by atoms with Crippen molar-refractivity contribution in [1.29, 1.82) is 0 Å². The van der Waals surface area contributed by atoms with Crippen LogP contribution in [0.4, 0.5) is 0 Å². The summed E-state index contributed by atoms with van der Waals surface area (Å²) in [7, 11) is 0. The van der Waals surface area contributed by atoms with E-state index in [0.29, 0.717) is 11.6 Å². The summed E-state index contributed by atoms with van der Waals surface area (Å²) in [6, 6.07) is 2.12. The Morgan fingerprint density at radius 2 is 2.33 bits per heavy atom. The Bertz CT molecular complexity index is 543. The molecule has 2 aromatic heterocycles. The van der Waals surface area contributed by atoms with Gasteiger partial charge in [-0.15, -0.1) is 0 Å². The Kier molecular flexibility index (Phi) is 1.56. The van der Waals surface area contributed by atoms with Crippen molar-refractivity contribution in [1.82, 2.24) is 14.5 Å². The van der Waals surface area contributed by atoms with Crippen LogP contribution < -0.4 is 0 Å². The fourth-order valence-corrected chi connectivity index (χ4v) is 1.80. The lowest BCUT2D eigenvalue weighted by atomic mass is 10.4. The molecule has 0 radical (unpaired) electrons. The zero-order valence-electron chi connectivity index (χ0n) is 7.92. The van der Waals surface area contributed by atoms with Crippen LogP contribution in [0, 0.1) is 0 Å². The molecular weight excluding hydrogens is 194 g/mol. The van der Waals surface area contributed by atoms with E-state index in [2.05, 4.69) is 9.97 Å². The second kappa shape index (κ2) is 2.79. The van der Waals surface area contributed by atoms with Gasteiger partial charge in [0.1, 0.15) is 5.52 Å². The number of fused-ring (bicyclic) bond motifs is 1. The number of hydrogen-bond acceptors (Lipinski definition) is 3. The fraction of sp³-hybridized carbons (Fsp3) is 0.300. The number of hydrogen-bond donors (Lipinski definition) is 1. The molecule has 0 spiro atoms. The number of carboxylic acids is 1. The predicted octanol–water partition coefficient (Wildman–Crippen LogP) is 1.46. The second-order valence-electron chi connectivity index (χ2n) is 3.71. The minimum atomic E-state index is -0.974. The van der Waals surface area contributed by atoms with Gasteiger partial charge in [-0.05, 0) is 18.9 Å². The Balaban J connectivity index is 2.33. The molecule has 0 atom stereocenters. The molecule has 1 aliphatic carbocycles. The quantitative estimate of drug-likeness (QED) is 0.802. The molecule has 0 bridgehead atoms. The molecule has 15 heavy (non-hydrogen) atoms. The number of carboxylic acid groups (broad SMARTS) is 1. The number of nitrogens with zero attached hydrogens (tertiary/aromatic N) is 3. The van der Waals surface area contributed by atoms with Gasteiger partial charge < -0.3 is 9.67 Å². The molecule has 2 aromatic rings. The van der Waals surface area contributed by atoms with E-state index in [9.17, 15) is 4.79 Å². The minimum Gasteiger partial charge on any atom is -0.475 e. The average Bonchev–Trinajstić information content (AvgIpc) is 2.98. The molecule has 76 valence electrons. The van der Waals surface area contributed by atoms with E-state index in [4.69, 9.17) is 5.11 Å². The van der Waals surface area contributed by atoms with Gasteiger partial charge in [-0.1, -0.05) is 0 Å². The topological polar surface area (TPSA) is 68.0 Å². The summed E-state index contributed by atoms with van der Waals surface area (Å²) in [5.74, 6) is -0.849. The molecule has 3 rings (SSSR count). The SMILES string of the molecule is O=C(O)c1nc2cnccc2n1C1CC1. The summed E-state index contributed by atoms with van der Waals surface area (Å²) < 4.78 is 1.80. The maximum Gasteiger partial charge on any atom is 0.372 e. The largest absolute Gasteiger partial charge is 0.475 e. The molecule has 0 aliphatic heterocycles. The summed E-state index contributed by atoms with van der Waals surface area (Å²) in [4.78, 5) is 19.0. The highest BCUT2D eigenvalue weighted by Crippen LogP contribution is 2.38. The molecule has 1 saturated carbocycles.